The van der Waals surface area contributed by atoms with Crippen LogP contribution in [0.3, 0.4) is 0 Å². The van der Waals surface area contributed by atoms with Gasteiger partial charge in [0.25, 0.3) is 0 Å². The molecule has 1 aromatic heterocycles. The van der Waals surface area contributed by atoms with Crippen molar-refractivity contribution in [3.05, 3.63) is 177 Å². The van der Waals surface area contributed by atoms with E-state index >= 15 is 0 Å². The topological polar surface area (TPSA) is 12.9 Å². The summed E-state index contributed by atoms with van der Waals surface area (Å²) in [5.74, 6) is 1.36. The van der Waals surface area contributed by atoms with Crippen LogP contribution in [-0.2, 0) is 0 Å². The fraction of sp³-hybridized carbons (Fsp3) is 0.235. The molecule has 254 valence electrons. The van der Waals surface area contributed by atoms with Crippen LogP contribution in [0.1, 0.15) is 74.8 Å². The summed E-state index contributed by atoms with van der Waals surface area (Å²) in [5.41, 5.74) is 12.6. The van der Waals surface area contributed by atoms with Crippen LogP contribution in [-0.4, -0.2) is 4.98 Å². The molecule has 0 saturated heterocycles. The highest BCUT2D eigenvalue weighted by Crippen LogP contribution is 2.44. The lowest BCUT2D eigenvalue weighted by Gasteiger charge is -2.36. The number of aromatic nitrogens is 1. The summed E-state index contributed by atoms with van der Waals surface area (Å²) in [6, 6.07) is 36.2. The number of nitrogens with zero attached hydrogens (tertiary/aromatic N) is 1. The summed E-state index contributed by atoms with van der Waals surface area (Å²) in [4.78, 5) is 4.93. The minimum Gasteiger partial charge on any atom is -0.256 e. The summed E-state index contributed by atoms with van der Waals surface area (Å²) in [6.45, 7) is 0. The van der Waals surface area contributed by atoms with Gasteiger partial charge in [-0.2, -0.15) is 0 Å². The van der Waals surface area contributed by atoms with Crippen molar-refractivity contribution in [1.82, 2.24) is 4.98 Å². The van der Waals surface area contributed by atoms with Gasteiger partial charge in [-0.1, -0.05) is 147 Å². The standard InChI is InChI=1S/C51H45N/c1-2-14-35(15-3-1)40-21-10-23-43-42(40)22-11-24-44(43)50-47-19-8-6-17-45(47)49(46-18-7-9-20-48(46)50)37-29-27-36(28-30-37)41-25-12-32-52-51(41)39-31-26-34-13-4-5-16-38(34)33-39/h4-10,12-13,16-23,25-27,29,31-33,35,45,47H,1-3,11,14-15,24,28,30H2. The predicted molar refractivity (Wildman–Crippen MR) is 219 cm³/mol. The van der Waals surface area contributed by atoms with E-state index < -0.39 is 0 Å². The highest BCUT2D eigenvalue weighted by Gasteiger charge is 2.34. The van der Waals surface area contributed by atoms with Gasteiger partial charge in [0.1, 0.15) is 0 Å². The van der Waals surface area contributed by atoms with E-state index in [4.69, 9.17) is 4.98 Å². The molecular formula is C51H45N. The molecule has 1 heterocycles. The first-order valence-electron chi connectivity index (χ1n) is 19.7. The summed E-state index contributed by atoms with van der Waals surface area (Å²) in [6.07, 6.45) is 30.0. The van der Waals surface area contributed by atoms with Crippen LogP contribution >= 0.6 is 0 Å². The molecule has 5 aromatic rings. The van der Waals surface area contributed by atoms with Crippen LogP contribution < -0.4 is 20.9 Å². The molecule has 0 amide bonds. The summed E-state index contributed by atoms with van der Waals surface area (Å²) in [7, 11) is 0. The van der Waals surface area contributed by atoms with E-state index in [1.165, 1.54) is 91.6 Å². The minimum atomic E-state index is 0.325. The summed E-state index contributed by atoms with van der Waals surface area (Å²) in [5, 5.41) is 8.40. The molecule has 0 N–H and O–H groups in total. The molecule has 1 fully saturated rings. The first-order chi connectivity index (χ1) is 25.8. The van der Waals surface area contributed by atoms with Crippen molar-refractivity contribution in [2.24, 2.45) is 11.8 Å². The molecule has 2 atom stereocenters. The van der Waals surface area contributed by atoms with E-state index in [1.807, 2.05) is 6.20 Å². The number of benzene rings is 4. The minimum absolute atomic E-state index is 0.325. The zero-order valence-corrected chi connectivity index (χ0v) is 29.9. The Morgan fingerprint density at radius 1 is 0.577 bits per heavy atom. The van der Waals surface area contributed by atoms with Crippen LogP contribution in [0.15, 0.2) is 145 Å². The average Bonchev–Trinajstić information content (AvgIpc) is 3.22. The molecular weight excluding hydrogens is 627 g/mol. The second-order valence-corrected chi connectivity index (χ2v) is 15.4. The first kappa shape index (κ1) is 31.5. The van der Waals surface area contributed by atoms with Gasteiger partial charge in [-0.05, 0) is 122 Å². The largest absolute Gasteiger partial charge is 0.256 e. The third-order valence-electron chi connectivity index (χ3n) is 12.6. The molecule has 0 radical (unpaired) electrons. The van der Waals surface area contributed by atoms with Gasteiger partial charge < -0.3 is 0 Å². The van der Waals surface area contributed by atoms with Crippen molar-refractivity contribution in [3.8, 4) is 11.3 Å². The van der Waals surface area contributed by atoms with Crippen LogP contribution in [0, 0.1) is 11.8 Å². The number of hydrogen-bond donors (Lipinski definition) is 0. The van der Waals surface area contributed by atoms with Crippen molar-refractivity contribution < 1.29 is 0 Å². The van der Waals surface area contributed by atoms with Gasteiger partial charge in [-0.25, -0.2) is 0 Å². The van der Waals surface area contributed by atoms with Crippen molar-refractivity contribution >= 4 is 39.1 Å². The predicted octanol–water partition coefficient (Wildman–Crippen LogP) is 9.85. The lowest BCUT2D eigenvalue weighted by molar-refractivity contribution is 0.442. The number of fused-ring (bicyclic) bond motifs is 4. The van der Waals surface area contributed by atoms with E-state index in [0.29, 0.717) is 17.8 Å². The monoisotopic (exact) mass is 671 g/mol. The van der Waals surface area contributed by atoms with Crippen LogP contribution in [0.4, 0.5) is 0 Å². The smallest absolute Gasteiger partial charge is 0.0777 e. The number of hydrogen-bond acceptors (Lipinski definition) is 1. The Morgan fingerprint density at radius 3 is 2.13 bits per heavy atom. The first-order valence-corrected chi connectivity index (χ1v) is 19.7. The van der Waals surface area contributed by atoms with Crippen molar-refractivity contribution in [2.75, 3.05) is 0 Å². The Bertz CT molecular complexity index is 2620. The molecule has 2 unspecified atom stereocenters. The third kappa shape index (κ3) is 5.41. The second kappa shape index (κ2) is 13.4. The zero-order valence-electron chi connectivity index (χ0n) is 29.9. The molecule has 5 aliphatic rings. The van der Waals surface area contributed by atoms with Crippen LogP contribution in [0.2, 0.25) is 0 Å². The van der Waals surface area contributed by atoms with Gasteiger partial charge in [-0.3, -0.25) is 4.98 Å². The van der Waals surface area contributed by atoms with Crippen LogP contribution in [0.5, 0.6) is 0 Å². The normalized spacial score (nSPS) is 21.2. The Morgan fingerprint density at radius 2 is 1.31 bits per heavy atom. The molecule has 0 aliphatic heterocycles. The van der Waals surface area contributed by atoms with E-state index in [9.17, 15) is 0 Å². The molecule has 10 rings (SSSR count). The van der Waals surface area contributed by atoms with E-state index in [0.717, 1.165) is 31.4 Å². The van der Waals surface area contributed by atoms with Gasteiger partial charge in [0.2, 0.25) is 0 Å². The molecule has 1 nitrogen and oxygen atoms in total. The lowest BCUT2D eigenvalue weighted by Crippen LogP contribution is -2.43. The Labute approximate surface area is 307 Å². The molecule has 52 heavy (non-hydrogen) atoms. The number of rotatable bonds is 5. The zero-order chi connectivity index (χ0) is 34.4. The van der Waals surface area contributed by atoms with Crippen molar-refractivity contribution in [3.63, 3.8) is 0 Å². The van der Waals surface area contributed by atoms with Crippen LogP contribution in [0.25, 0.3) is 50.4 Å². The van der Waals surface area contributed by atoms with Gasteiger partial charge >= 0.3 is 0 Å². The quantitative estimate of drug-likeness (QED) is 0.181. The highest BCUT2D eigenvalue weighted by atomic mass is 14.7. The molecule has 4 aromatic carbocycles. The maximum atomic E-state index is 4.93. The molecule has 5 aliphatic carbocycles. The van der Waals surface area contributed by atoms with Gasteiger partial charge in [0.15, 0.2) is 0 Å². The maximum Gasteiger partial charge on any atom is 0.0777 e. The third-order valence-corrected chi connectivity index (χ3v) is 12.6. The molecule has 0 spiro atoms. The van der Waals surface area contributed by atoms with Gasteiger partial charge in [0, 0.05) is 29.2 Å². The van der Waals surface area contributed by atoms with E-state index in [2.05, 4.69) is 140 Å². The average molecular weight is 672 g/mol. The van der Waals surface area contributed by atoms with E-state index in [-0.39, 0.29) is 0 Å². The van der Waals surface area contributed by atoms with E-state index in [1.54, 1.807) is 16.7 Å². The van der Waals surface area contributed by atoms with Gasteiger partial charge in [0.05, 0.1) is 5.69 Å². The fourth-order valence-corrected chi connectivity index (χ4v) is 10.2. The number of allylic oxidation sites excluding steroid dienone is 8. The van der Waals surface area contributed by atoms with Gasteiger partial charge in [-0.15, -0.1) is 0 Å². The van der Waals surface area contributed by atoms with Crippen molar-refractivity contribution in [2.45, 2.75) is 63.7 Å². The molecule has 1 saturated carbocycles. The molecule has 1 heteroatoms. The fourth-order valence-electron chi connectivity index (χ4n) is 10.2. The SMILES string of the molecule is C1=CC2C(C3=CC=C(c4cccnc4-c4ccc5ccccc5c4)CC3)=c3ccccc3=C(C3=c4cccc(C5CCCCC5)c4=CCC3)C2C=C1. The number of pyridine rings is 1. The highest BCUT2D eigenvalue weighted by molar-refractivity contribution is 5.95. The Kier molecular flexibility index (Phi) is 8.09. The van der Waals surface area contributed by atoms with Crippen molar-refractivity contribution in [1.29, 1.82) is 0 Å². The lowest BCUT2D eigenvalue weighted by atomic mass is 9.67. The summed E-state index contributed by atoms with van der Waals surface area (Å²) >= 11 is 0. The Balaban J connectivity index is 1.12. The Hall–Kier alpha value is -5.27. The second-order valence-electron chi connectivity index (χ2n) is 15.4. The molecule has 0 bridgehead atoms. The maximum absolute atomic E-state index is 4.93. The summed E-state index contributed by atoms with van der Waals surface area (Å²) < 4.78 is 0.